The molecule has 0 aliphatic carbocycles. The van der Waals surface area contributed by atoms with Crippen LogP contribution in [0.2, 0.25) is 0 Å². The number of nitrogens with zero attached hydrogens (tertiary/aromatic N) is 3. The molecule has 2 aromatic rings. The molecule has 106 valence electrons. The molecule has 0 atom stereocenters. The molecule has 0 aromatic carbocycles. The Bertz CT molecular complexity index is 612. The Kier molecular flexibility index (Phi) is 4.70. The number of hydrogen-bond donors (Lipinski definition) is 3. The number of anilines is 1. The minimum atomic E-state index is -0.226. The van der Waals surface area contributed by atoms with Crippen molar-refractivity contribution >= 4 is 27.7 Å². The second kappa shape index (κ2) is 6.49. The maximum absolute atomic E-state index is 12.1. The Morgan fingerprint density at radius 2 is 2.30 bits per heavy atom. The molecule has 4 N–H and O–H groups in total. The van der Waals surface area contributed by atoms with Crippen molar-refractivity contribution in [3.05, 3.63) is 40.3 Å². The molecular formula is C12H15BrN6O. The number of amides is 1. The molecule has 0 aliphatic rings. The highest BCUT2D eigenvalue weighted by molar-refractivity contribution is 9.10. The van der Waals surface area contributed by atoms with E-state index in [-0.39, 0.29) is 5.91 Å². The second-order valence-corrected chi connectivity index (χ2v) is 5.14. The van der Waals surface area contributed by atoms with Gasteiger partial charge in [0.25, 0.3) is 5.91 Å². The molecule has 1 amide bonds. The van der Waals surface area contributed by atoms with E-state index in [1.165, 1.54) is 0 Å². The van der Waals surface area contributed by atoms with Gasteiger partial charge >= 0.3 is 0 Å². The van der Waals surface area contributed by atoms with Gasteiger partial charge in [-0.1, -0.05) is 0 Å². The first-order valence-electron chi connectivity index (χ1n) is 5.98. The third-order valence-corrected chi connectivity index (χ3v) is 3.13. The van der Waals surface area contributed by atoms with Gasteiger partial charge in [-0.2, -0.15) is 5.10 Å². The van der Waals surface area contributed by atoms with Crippen LogP contribution in [0, 0.1) is 0 Å². The number of carbonyl (C=O) groups is 1. The monoisotopic (exact) mass is 338 g/mol. The largest absolute Gasteiger partial charge is 0.352 e. The van der Waals surface area contributed by atoms with Crippen LogP contribution in [0.4, 0.5) is 5.82 Å². The Balaban J connectivity index is 1.96. The first-order chi connectivity index (χ1) is 9.60. The van der Waals surface area contributed by atoms with Crippen molar-refractivity contribution in [3.63, 3.8) is 0 Å². The van der Waals surface area contributed by atoms with Gasteiger partial charge in [-0.3, -0.25) is 9.48 Å². The van der Waals surface area contributed by atoms with Gasteiger partial charge in [-0.15, -0.1) is 0 Å². The number of nitrogens with two attached hydrogens (primary N) is 1. The summed E-state index contributed by atoms with van der Waals surface area (Å²) >= 11 is 3.28. The molecule has 0 radical (unpaired) electrons. The zero-order valence-electron chi connectivity index (χ0n) is 10.9. The van der Waals surface area contributed by atoms with E-state index in [9.17, 15) is 4.79 Å². The average molecular weight is 339 g/mol. The first-order valence-corrected chi connectivity index (χ1v) is 6.77. The number of hydrazine groups is 1. The van der Waals surface area contributed by atoms with Gasteiger partial charge in [-0.25, -0.2) is 10.8 Å². The Morgan fingerprint density at radius 3 is 2.95 bits per heavy atom. The third kappa shape index (κ3) is 3.55. The predicted molar refractivity (Wildman–Crippen MR) is 79.0 cm³/mol. The molecule has 0 bridgehead atoms. The lowest BCUT2D eigenvalue weighted by Crippen LogP contribution is -2.27. The van der Waals surface area contributed by atoms with E-state index in [2.05, 4.69) is 36.8 Å². The minimum absolute atomic E-state index is 0.226. The highest BCUT2D eigenvalue weighted by atomic mass is 79.9. The fourth-order valence-electron chi connectivity index (χ4n) is 1.74. The number of hydrogen-bond acceptors (Lipinski definition) is 5. The van der Waals surface area contributed by atoms with Crippen LogP contribution in [0.1, 0.15) is 15.9 Å². The number of aromatic nitrogens is 3. The molecule has 2 heterocycles. The summed E-state index contributed by atoms with van der Waals surface area (Å²) in [6.45, 7) is 0.515. The number of nitrogen functional groups attached to an aromatic ring is 1. The topological polar surface area (TPSA) is 97.9 Å². The zero-order valence-corrected chi connectivity index (χ0v) is 12.5. The smallest absolute Gasteiger partial charge is 0.255 e. The summed E-state index contributed by atoms with van der Waals surface area (Å²) in [4.78, 5) is 16.1. The van der Waals surface area contributed by atoms with E-state index in [1.807, 2.05) is 13.2 Å². The summed E-state index contributed by atoms with van der Waals surface area (Å²) in [5.41, 5.74) is 3.87. The maximum atomic E-state index is 12.1. The Morgan fingerprint density at radius 1 is 1.50 bits per heavy atom. The van der Waals surface area contributed by atoms with Gasteiger partial charge in [0, 0.05) is 30.5 Å². The quantitative estimate of drug-likeness (QED) is 0.554. The summed E-state index contributed by atoms with van der Waals surface area (Å²) in [6, 6.07) is 1.67. The third-order valence-electron chi connectivity index (χ3n) is 2.69. The number of aryl methyl sites for hydroxylation is 1. The van der Waals surface area contributed by atoms with Gasteiger partial charge in [0.05, 0.1) is 11.8 Å². The molecule has 8 heteroatoms. The van der Waals surface area contributed by atoms with Gasteiger partial charge in [0.15, 0.2) is 5.82 Å². The van der Waals surface area contributed by atoms with Crippen molar-refractivity contribution in [1.82, 2.24) is 20.1 Å². The average Bonchev–Trinajstić information content (AvgIpc) is 2.84. The lowest BCUT2D eigenvalue weighted by atomic mass is 10.2. The van der Waals surface area contributed by atoms with Crippen LogP contribution in [0.25, 0.3) is 0 Å². The fourth-order valence-corrected chi connectivity index (χ4v) is 2.08. The number of halogens is 1. The van der Waals surface area contributed by atoms with Crippen LogP contribution in [0.3, 0.4) is 0 Å². The highest BCUT2D eigenvalue weighted by Gasteiger charge is 2.12. The molecule has 0 spiro atoms. The van der Waals surface area contributed by atoms with E-state index in [0.29, 0.717) is 28.8 Å². The van der Waals surface area contributed by atoms with Crippen LogP contribution in [-0.4, -0.2) is 27.2 Å². The van der Waals surface area contributed by atoms with E-state index in [1.54, 1.807) is 23.1 Å². The molecule has 20 heavy (non-hydrogen) atoms. The minimum Gasteiger partial charge on any atom is -0.352 e. The maximum Gasteiger partial charge on any atom is 0.255 e. The van der Waals surface area contributed by atoms with E-state index < -0.39 is 0 Å². The lowest BCUT2D eigenvalue weighted by molar-refractivity contribution is 0.0954. The Hall–Kier alpha value is -1.93. The van der Waals surface area contributed by atoms with Crippen LogP contribution in [0.15, 0.2) is 29.1 Å². The van der Waals surface area contributed by atoms with E-state index in [0.717, 1.165) is 5.56 Å². The summed E-state index contributed by atoms with van der Waals surface area (Å²) in [5, 5.41) is 6.90. The molecular weight excluding hydrogens is 324 g/mol. The van der Waals surface area contributed by atoms with Gasteiger partial charge < -0.3 is 10.7 Å². The number of pyridine rings is 1. The lowest BCUT2D eigenvalue weighted by Gasteiger charge is -2.08. The predicted octanol–water partition coefficient (Wildman–Crippen LogP) is 0.836. The Labute approximate surface area is 124 Å². The van der Waals surface area contributed by atoms with E-state index in [4.69, 9.17) is 5.84 Å². The van der Waals surface area contributed by atoms with Crippen LogP contribution >= 0.6 is 15.9 Å². The van der Waals surface area contributed by atoms with Crippen LogP contribution in [0.5, 0.6) is 0 Å². The molecule has 2 aromatic heterocycles. The molecule has 2 rings (SSSR count). The van der Waals surface area contributed by atoms with Gasteiger partial charge in [0.2, 0.25) is 0 Å². The van der Waals surface area contributed by atoms with Crippen molar-refractivity contribution in [2.24, 2.45) is 12.9 Å². The van der Waals surface area contributed by atoms with Crippen molar-refractivity contribution in [1.29, 1.82) is 0 Å². The highest BCUT2D eigenvalue weighted by Crippen LogP contribution is 2.17. The summed E-state index contributed by atoms with van der Waals surface area (Å²) in [5.74, 6) is 5.46. The molecule has 0 unspecified atom stereocenters. The van der Waals surface area contributed by atoms with Crippen LogP contribution < -0.4 is 16.6 Å². The van der Waals surface area contributed by atoms with Gasteiger partial charge in [-0.05, 0) is 34.0 Å². The summed E-state index contributed by atoms with van der Waals surface area (Å²) < 4.78 is 2.44. The van der Waals surface area contributed by atoms with Crippen molar-refractivity contribution < 1.29 is 4.79 Å². The summed E-state index contributed by atoms with van der Waals surface area (Å²) in [6.07, 6.45) is 5.98. The standard InChI is InChI=1S/C12H15BrN6O/c1-19-7-8(5-17-19)2-3-15-12(20)10-4-9(13)6-16-11(10)18-14/h4-7H,2-3,14H2,1H3,(H,15,20)(H,16,18). The summed E-state index contributed by atoms with van der Waals surface area (Å²) in [7, 11) is 1.86. The number of carbonyl (C=O) groups excluding carboxylic acids is 1. The molecule has 0 aliphatic heterocycles. The molecule has 0 saturated carbocycles. The van der Waals surface area contributed by atoms with Crippen LogP contribution in [-0.2, 0) is 13.5 Å². The number of nitrogens with one attached hydrogen (secondary N) is 2. The molecule has 7 nitrogen and oxygen atoms in total. The second-order valence-electron chi connectivity index (χ2n) is 4.22. The van der Waals surface area contributed by atoms with E-state index >= 15 is 0 Å². The van der Waals surface area contributed by atoms with Crippen molar-refractivity contribution in [3.8, 4) is 0 Å². The van der Waals surface area contributed by atoms with Gasteiger partial charge in [0.1, 0.15) is 0 Å². The normalized spacial score (nSPS) is 10.3. The first kappa shape index (κ1) is 14.5. The van der Waals surface area contributed by atoms with Crippen molar-refractivity contribution in [2.45, 2.75) is 6.42 Å². The molecule has 0 fully saturated rings. The molecule has 0 saturated heterocycles. The zero-order chi connectivity index (χ0) is 14.5. The van der Waals surface area contributed by atoms with Crippen molar-refractivity contribution in [2.75, 3.05) is 12.0 Å². The fraction of sp³-hybridized carbons (Fsp3) is 0.250. The number of rotatable bonds is 5. The SMILES string of the molecule is Cn1cc(CCNC(=O)c2cc(Br)cnc2NN)cn1.